The molecule has 0 unspecified atom stereocenters. The van der Waals surface area contributed by atoms with Gasteiger partial charge in [0, 0.05) is 19.6 Å². The number of piperidine rings is 1. The molecule has 9 heteroatoms. The minimum Gasteiger partial charge on any atom is -0.477 e. The van der Waals surface area contributed by atoms with Crippen molar-refractivity contribution in [2.24, 2.45) is 5.92 Å². The molecule has 1 fully saturated rings. The smallest absolute Gasteiger partial charge is 0.263 e. The average molecular weight is 458 g/mol. The van der Waals surface area contributed by atoms with Crippen LogP contribution in [0.4, 0.5) is 5.69 Å². The number of hydrogen-bond donors (Lipinski definition) is 1. The van der Waals surface area contributed by atoms with Gasteiger partial charge in [-0.05, 0) is 30.5 Å². The molecule has 2 aliphatic rings. The van der Waals surface area contributed by atoms with Gasteiger partial charge in [-0.25, -0.2) is 12.7 Å². The number of nitrogens with zero attached hydrogens (tertiary/aromatic N) is 2. The van der Waals surface area contributed by atoms with E-state index in [1.165, 1.54) is 4.31 Å². The zero-order valence-electron chi connectivity index (χ0n) is 17.9. The van der Waals surface area contributed by atoms with E-state index in [-0.39, 0.29) is 24.9 Å². The second-order valence-corrected chi connectivity index (χ2v) is 10.2. The molecule has 170 valence electrons. The van der Waals surface area contributed by atoms with Gasteiger partial charge in [0.25, 0.3) is 5.91 Å². The van der Waals surface area contributed by atoms with E-state index in [4.69, 9.17) is 4.74 Å². The maximum atomic E-state index is 13.5. The average Bonchev–Trinajstić information content (AvgIpc) is 2.81. The number of ether oxygens (including phenoxy) is 1. The Kier molecular flexibility index (Phi) is 6.48. The summed E-state index contributed by atoms with van der Waals surface area (Å²) in [6.07, 6.45) is 1.54. The maximum Gasteiger partial charge on any atom is 0.263 e. The number of para-hydroxylation sites is 2. The van der Waals surface area contributed by atoms with Crippen molar-refractivity contribution in [2.75, 3.05) is 30.8 Å². The highest BCUT2D eigenvalue weighted by atomic mass is 32.2. The molecule has 0 aliphatic carbocycles. The molecule has 1 saturated heterocycles. The molecule has 8 nitrogen and oxygen atoms in total. The molecular weight excluding hydrogens is 430 g/mol. The van der Waals surface area contributed by atoms with Gasteiger partial charge >= 0.3 is 0 Å². The Hall–Kier alpha value is -2.91. The van der Waals surface area contributed by atoms with Crippen molar-refractivity contribution in [3.63, 3.8) is 0 Å². The molecule has 0 spiro atoms. The monoisotopic (exact) mass is 457 g/mol. The number of fused-ring (bicyclic) bond motifs is 1. The molecule has 2 atom stereocenters. The Labute approximate surface area is 188 Å². The zero-order valence-corrected chi connectivity index (χ0v) is 18.8. The van der Waals surface area contributed by atoms with E-state index in [0.717, 1.165) is 11.8 Å². The minimum atomic E-state index is -3.37. The van der Waals surface area contributed by atoms with Gasteiger partial charge in [0.1, 0.15) is 5.75 Å². The number of amides is 2. The fourth-order valence-electron chi connectivity index (χ4n) is 4.14. The maximum absolute atomic E-state index is 13.5. The highest BCUT2D eigenvalue weighted by Crippen LogP contribution is 2.35. The standard InChI is InChI=1S/C23H27N3O5S/c1-32(29,30)25-13-7-10-18(15-25)23(28)26-16-21(31-20-12-6-5-11-19(20)26)22(27)24-14-17-8-3-2-4-9-17/h2-6,8-9,11-12,18,21H,7,10,13-16H2,1H3,(H,24,27)/t18-,21-/m1/s1. The quantitative estimate of drug-likeness (QED) is 0.738. The third-order valence-electron chi connectivity index (χ3n) is 5.84. The lowest BCUT2D eigenvalue weighted by atomic mass is 9.97. The molecule has 2 aromatic rings. The van der Waals surface area contributed by atoms with Crippen LogP contribution in [0.25, 0.3) is 0 Å². The lowest BCUT2D eigenvalue weighted by molar-refractivity contribution is -0.129. The van der Waals surface area contributed by atoms with E-state index in [9.17, 15) is 18.0 Å². The van der Waals surface area contributed by atoms with Crippen LogP contribution in [0.5, 0.6) is 5.75 Å². The second-order valence-electron chi connectivity index (χ2n) is 8.19. The van der Waals surface area contributed by atoms with Gasteiger partial charge < -0.3 is 15.0 Å². The summed E-state index contributed by atoms with van der Waals surface area (Å²) in [5.74, 6) is -0.488. The van der Waals surface area contributed by atoms with Crippen molar-refractivity contribution < 1.29 is 22.7 Å². The van der Waals surface area contributed by atoms with Crippen LogP contribution in [0, 0.1) is 5.92 Å². The van der Waals surface area contributed by atoms with Crippen molar-refractivity contribution in [1.82, 2.24) is 9.62 Å². The Morgan fingerprint density at radius 3 is 2.53 bits per heavy atom. The highest BCUT2D eigenvalue weighted by molar-refractivity contribution is 7.88. The van der Waals surface area contributed by atoms with Crippen molar-refractivity contribution >= 4 is 27.5 Å². The van der Waals surface area contributed by atoms with E-state index in [2.05, 4.69) is 5.32 Å². The first-order valence-electron chi connectivity index (χ1n) is 10.7. The molecule has 1 N–H and O–H groups in total. The summed E-state index contributed by atoms with van der Waals surface area (Å²) in [7, 11) is -3.37. The Balaban J connectivity index is 1.51. The van der Waals surface area contributed by atoms with Crippen LogP contribution in [0.1, 0.15) is 18.4 Å². The Morgan fingerprint density at radius 2 is 1.78 bits per heavy atom. The molecule has 0 saturated carbocycles. The first-order valence-corrected chi connectivity index (χ1v) is 12.5. The fourth-order valence-corrected chi connectivity index (χ4v) is 5.06. The van der Waals surface area contributed by atoms with Crippen molar-refractivity contribution in [3.05, 3.63) is 60.2 Å². The predicted octanol–water partition coefficient (Wildman–Crippen LogP) is 1.77. The molecular formula is C23H27N3O5S. The number of hydrogen-bond acceptors (Lipinski definition) is 5. The number of rotatable bonds is 5. The van der Waals surface area contributed by atoms with Crippen LogP contribution in [-0.2, 0) is 26.2 Å². The Bertz CT molecular complexity index is 1090. The van der Waals surface area contributed by atoms with Gasteiger partial charge in [0.2, 0.25) is 15.9 Å². The lowest BCUT2D eigenvalue weighted by Crippen LogP contribution is -2.53. The first kappa shape index (κ1) is 22.3. The molecule has 32 heavy (non-hydrogen) atoms. The number of nitrogens with one attached hydrogen (secondary N) is 1. The summed E-state index contributed by atoms with van der Waals surface area (Å²) in [5, 5.41) is 2.88. The van der Waals surface area contributed by atoms with Crippen molar-refractivity contribution in [3.8, 4) is 5.75 Å². The minimum absolute atomic E-state index is 0.0752. The second kappa shape index (κ2) is 9.30. The molecule has 2 aliphatic heterocycles. The SMILES string of the molecule is CS(=O)(=O)N1CCC[C@@H](C(=O)N2C[C@H](C(=O)NCc3ccccc3)Oc3ccccc32)C1. The summed E-state index contributed by atoms with van der Waals surface area (Å²) in [6.45, 7) is 1.02. The Morgan fingerprint density at radius 1 is 1.06 bits per heavy atom. The highest BCUT2D eigenvalue weighted by Gasteiger charge is 2.38. The van der Waals surface area contributed by atoms with Gasteiger partial charge in [0.15, 0.2) is 6.10 Å². The van der Waals surface area contributed by atoms with Crippen LogP contribution < -0.4 is 15.0 Å². The van der Waals surface area contributed by atoms with E-state index in [1.807, 2.05) is 36.4 Å². The van der Waals surface area contributed by atoms with Gasteiger partial charge in [0.05, 0.1) is 24.4 Å². The van der Waals surface area contributed by atoms with Crippen LogP contribution in [0.2, 0.25) is 0 Å². The summed E-state index contributed by atoms with van der Waals surface area (Å²) in [6, 6.07) is 16.7. The number of anilines is 1. The molecule has 4 rings (SSSR count). The number of sulfonamides is 1. The van der Waals surface area contributed by atoms with Crippen molar-refractivity contribution in [2.45, 2.75) is 25.5 Å². The molecule has 0 bridgehead atoms. The van der Waals surface area contributed by atoms with Crippen LogP contribution >= 0.6 is 0 Å². The van der Waals surface area contributed by atoms with Gasteiger partial charge in [-0.15, -0.1) is 0 Å². The fraction of sp³-hybridized carbons (Fsp3) is 0.391. The van der Waals surface area contributed by atoms with Crippen LogP contribution in [0.3, 0.4) is 0 Å². The summed E-state index contributed by atoms with van der Waals surface area (Å²) in [4.78, 5) is 27.9. The molecule has 0 radical (unpaired) electrons. The first-order chi connectivity index (χ1) is 15.3. The number of carbonyl (C=O) groups is 2. The van der Waals surface area contributed by atoms with Gasteiger partial charge in [-0.3, -0.25) is 9.59 Å². The van der Waals surface area contributed by atoms with E-state index in [0.29, 0.717) is 37.4 Å². The third-order valence-corrected chi connectivity index (χ3v) is 7.11. The van der Waals surface area contributed by atoms with Crippen LogP contribution in [0.15, 0.2) is 54.6 Å². The number of benzene rings is 2. The molecule has 2 heterocycles. The molecule has 2 amide bonds. The largest absolute Gasteiger partial charge is 0.477 e. The lowest BCUT2D eigenvalue weighted by Gasteiger charge is -2.38. The normalized spacial score (nSPS) is 21.3. The van der Waals surface area contributed by atoms with Gasteiger partial charge in [-0.1, -0.05) is 42.5 Å². The van der Waals surface area contributed by atoms with E-state index < -0.39 is 22.0 Å². The van der Waals surface area contributed by atoms with Crippen LogP contribution in [-0.4, -0.2) is 56.5 Å². The number of carbonyl (C=O) groups excluding carboxylic acids is 2. The third kappa shape index (κ3) is 4.94. The summed E-state index contributed by atoms with van der Waals surface area (Å²) >= 11 is 0. The summed E-state index contributed by atoms with van der Waals surface area (Å²) < 4.78 is 31.2. The molecule has 2 aromatic carbocycles. The molecule has 0 aromatic heterocycles. The zero-order chi connectivity index (χ0) is 22.7. The predicted molar refractivity (Wildman–Crippen MR) is 121 cm³/mol. The topological polar surface area (TPSA) is 96.0 Å². The van der Waals surface area contributed by atoms with Gasteiger partial charge in [-0.2, -0.15) is 0 Å². The summed E-state index contributed by atoms with van der Waals surface area (Å²) in [5.41, 5.74) is 1.56. The van der Waals surface area contributed by atoms with Crippen molar-refractivity contribution in [1.29, 1.82) is 0 Å². The van der Waals surface area contributed by atoms with E-state index >= 15 is 0 Å². The van der Waals surface area contributed by atoms with E-state index in [1.54, 1.807) is 23.1 Å².